The molecule has 0 fully saturated rings. The van der Waals surface area contributed by atoms with Crippen molar-refractivity contribution in [2.75, 3.05) is 0 Å². The molecular weight excluding hydrogens is 326 g/mol. The minimum atomic E-state index is -0.518. The highest BCUT2D eigenvalue weighted by molar-refractivity contribution is 6.12. The normalized spacial score (nSPS) is 11.5. The van der Waals surface area contributed by atoms with E-state index < -0.39 is 5.97 Å². The molecule has 4 rings (SSSR count). The van der Waals surface area contributed by atoms with Crippen LogP contribution in [0, 0.1) is 0 Å². The van der Waals surface area contributed by atoms with Crippen molar-refractivity contribution in [1.29, 1.82) is 0 Å². The molecule has 0 saturated carbocycles. The Labute approximate surface area is 150 Å². The van der Waals surface area contributed by atoms with E-state index in [0.29, 0.717) is 17.0 Å². The molecule has 0 saturated heterocycles. The van der Waals surface area contributed by atoms with Crippen LogP contribution in [-0.4, -0.2) is 11.7 Å². The summed E-state index contributed by atoms with van der Waals surface area (Å²) < 4.78 is 5.90. The molecule has 0 spiro atoms. The molecule has 1 heterocycles. The summed E-state index contributed by atoms with van der Waals surface area (Å²) in [5.74, 6) is 0.0217. The highest BCUT2D eigenvalue weighted by Crippen LogP contribution is 2.22. The number of carbonyl (C=O) groups excluding carboxylic acids is 1. The van der Waals surface area contributed by atoms with Crippen LogP contribution in [-0.2, 0) is 4.84 Å². The van der Waals surface area contributed by atoms with Crippen molar-refractivity contribution in [3.05, 3.63) is 108 Å². The van der Waals surface area contributed by atoms with Gasteiger partial charge in [-0.05, 0) is 24.3 Å². The second-order valence-corrected chi connectivity index (χ2v) is 5.70. The molecule has 0 N–H and O–H groups in total. The van der Waals surface area contributed by atoms with Crippen LogP contribution < -0.4 is 0 Å². The van der Waals surface area contributed by atoms with E-state index in [2.05, 4.69) is 5.16 Å². The van der Waals surface area contributed by atoms with Crippen molar-refractivity contribution in [2.45, 2.75) is 0 Å². The van der Waals surface area contributed by atoms with E-state index in [1.54, 1.807) is 24.3 Å². The summed E-state index contributed by atoms with van der Waals surface area (Å²) in [7, 11) is 0. The molecule has 26 heavy (non-hydrogen) atoms. The summed E-state index contributed by atoms with van der Waals surface area (Å²) in [6.45, 7) is 0. The number of rotatable bonds is 4. The van der Waals surface area contributed by atoms with E-state index in [4.69, 9.17) is 9.25 Å². The number of benzene rings is 3. The Kier molecular flexibility index (Phi) is 4.31. The predicted octanol–water partition coefficient (Wildman–Crippen LogP) is 5.04. The maximum absolute atomic E-state index is 12.2. The summed E-state index contributed by atoms with van der Waals surface area (Å²) >= 11 is 0. The first-order valence-corrected chi connectivity index (χ1v) is 8.20. The van der Waals surface area contributed by atoms with Crippen LogP contribution in [0.5, 0.6) is 0 Å². The molecule has 0 aliphatic heterocycles. The second-order valence-electron chi connectivity index (χ2n) is 5.70. The lowest BCUT2D eigenvalue weighted by Crippen LogP contribution is -2.07. The van der Waals surface area contributed by atoms with Gasteiger partial charge in [0.15, 0.2) is 11.5 Å². The first-order chi connectivity index (χ1) is 12.8. The number of fused-ring (bicyclic) bond motifs is 1. The van der Waals surface area contributed by atoms with Crippen LogP contribution in [0.2, 0.25) is 0 Å². The first kappa shape index (κ1) is 15.8. The lowest BCUT2D eigenvalue weighted by atomic mass is 10.1. The average molecular weight is 341 g/mol. The molecule has 4 nitrogen and oxygen atoms in total. The van der Waals surface area contributed by atoms with E-state index in [0.717, 1.165) is 16.5 Å². The quantitative estimate of drug-likeness (QED) is 0.297. The van der Waals surface area contributed by atoms with Gasteiger partial charge in [-0.25, -0.2) is 4.79 Å². The number of oxime groups is 1. The summed E-state index contributed by atoms with van der Waals surface area (Å²) in [6, 6.07) is 27.8. The van der Waals surface area contributed by atoms with Gasteiger partial charge in [0.25, 0.3) is 0 Å². The van der Waals surface area contributed by atoms with Gasteiger partial charge >= 0.3 is 5.97 Å². The molecule has 126 valence electrons. The van der Waals surface area contributed by atoms with Crippen molar-refractivity contribution >= 4 is 22.7 Å². The fraction of sp³-hybridized carbons (Fsp3) is 0. The topological polar surface area (TPSA) is 51.8 Å². The Hall–Kier alpha value is -3.66. The monoisotopic (exact) mass is 341 g/mol. The van der Waals surface area contributed by atoms with Crippen molar-refractivity contribution in [1.82, 2.24) is 0 Å². The van der Waals surface area contributed by atoms with Gasteiger partial charge in [0.05, 0.1) is 5.56 Å². The largest absolute Gasteiger partial charge is 0.454 e. The van der Waals surface area contributed by atoms with Crippen LogP contribution in [0.1, 0.15) is 21.7 Å². The Bertz CT molecular complexity index is 1030. The highest BCUT2D eigenvalue weighted by atomic mass is 16.7. The first-order valence-electron chi connectivity index (χ1n) is 8.20. The number of para-hydroxylation sites is 1. The molecule has 1 aromatic heterocycles. The fourth-order valence-corrected chi connectivity index (χ4v) is 2.65. The smallest absolute Gasteiger partial charge is 0.365 e. The Balaban J connectivity index is 1.72. The zero-order valence-corrected chi connectivity index (χ0v) is 13.8. The van der Waals surface area contributed by atoms with Crippen molar-refractivity contribution < 1.29 is 14.0 Å². The Morgan fingerprint density at radius 3 is 2.08 bits per heavy atom. The second kappa shape index (κ2) is 7.07. The number of furan rings is 1. The van der Waals surface area contributed by atoms with E-state index in [9.17, 15) is 4.79 Å². The molecule has 0 bridgehead atoms. The fourth-order valence-electron chi connectivity index (χ4n) is 2.65. The third-order valence-corrected chi connectivity index (χ3v) is 3.94. The minimum Gasteiger partial charge on any atom is -0.454 e. The van der Waals surface area contributed by atoms with Gasteiger partial charge in [-0.15, -0.1) is 0 Å². The molecular formula is C22H15NO3. The summed E-state index contributed by atoms with van der Waals surface area (Å²) in [5, 5.41) is 5.07. The third-order valence-electron chi connectivity index (χ3n) is 3.94. The van der Waals surface area contributed by atoms with Gasteiger partial charge in [-0.3, -0.25) is 0 Å². The van der Waals surface area contributed by atoms with Gasteiger partial charge in [-0.2, -0.15) is 0 Å². The Morgan fingerprint density at radius 2 is 1.38 bits per heavy atom. The zero-order valence-electron chi connectivity index (χ0n) is 13.8. The van der Waals surface area contributed by atoms with Crippen LogP contribution >= 0.6 is 0 Å². The molecule has 0 aliphatic rings. The minimum absolute atomic E-state index is 0.438. The van der Waals surface area contributed by atoms with Gasteiger partial charge in [0.2, 0.25) is 0 Å². The van der Waals surface area contributed by atoms with E-state index in [-0.39, 0.29) is 0 Å². The number of hydrogen-bond acceptors (Lipinski definition) is 4. The maximum Gasteiger partial charge on any atom is 0.365 e. The van der Waals surface area contributed by atoms with Crippen LogP contribution in [0.4, 0.5) is 0 Å². The lowest BCUT2D eigenvalue weighted by molar-refractivity contribution is 0.0516. The van der Waals surface area contributed by atoms with Crippen LogP contribution in [0.3, 0.4) is 0 Å². The number of carbonyl (C=O) groups is 1. The van der Waals surface area contributed by atoms with Gasteiger partial charge in [-0.1, -0.05) is 71.9 Å². The summed E-state index contributed by atoms with van der Waals surface area (Å²) in [4.78, 5) is 17.4. The van der Waals surface area contributed by atoms with Gasteiger partial charge in [0, 0.05) is 10.9 Å². The lowest BCUT2D eigenvalue weighted by Gasteiger charge is -2.04. The molecule has 0 atom stereocenters. The molecule has 0 unspecified atom stereocenters. The SMILES string of the molecule is O=C(ON=C(c1ccccc1)c1cc2ccccc2o1)c1ccccc1. The van der Waals surface area contributed by atoms with Crippen molar-refractivity contribution in [2.24, 2.45) is 5.16 Å². The third kappa shape index (κ3) is 3.26. The summed E-state index contributed by atoms with van der Waals surface area (Å²) in [5.41, 5.74) is 2.45. The molecule has 0 radical (unpaired) electrons. The van der Waals surface area contributed by atoms with Gasteiger partial charge < -0.3 is 9.25 Å². The summed E-state index contributed by atoms with van der Waals surface area (Å²) in [6.07, 6.45) is 0. The highest BCUT2D eigenvalue weighted by Gasteiger charge is 2.15. The molecule has 4 aromatic rings. The molecule has 0 amide bonds. The van der Waals surface area contributed by atoms with E-state index >= 15 is 0 Å². The molecule has 4 heteroatoms. The van der Waals surface area contributed by atoms with E-state index in [1.165, 1.54) is 0 Å². The zero-order chi connectivity index (χ0) is 17.8. The predicted molar refractivity (Wildman–Crippen MR) is 100 cm³/mol. The average Bonchev–Trinajstić information content (AvgIpc) is 3.13. The van der Waals surface area contributed by atoms with Crippen LogP contribution in [0.25, 0.3) is 11.0 Å². The van der Waals surface area contributed by atoms with Gasteiger partial charge in [0.1, 0.15) is 5.58 Å². The maximum atomic E-state index is 12.2. The molecule has 3 aromatic carbocycles. The standard InChI is InChI=1S/C22H15NO3/c24-22(17-11-5-2-6-12-17)26-23-21(16-9-3-1-4-10-16)20-15-18-13-7-8-14-19(18)25-20/h1-15H. The number of hydrogen-bond donors (Lipinski definition) is 0. The van der Waals surface area contributed by atoms with Crippen LogP contribution in [0.15, 0.2) is 101 Å². The number of nitrogens with zero attached hydrogens (tertiary/aromatic N) is 1. The van der Waals surface area contributed by atoms with Crippen molar-refractivity contribution in [3.63, 3.8) is 0 Å². The molecule has 0 aliphatic carbocycles. The Morgan fingerprint density at radius 1 is 0.769 bits per heavy atom. The van der Waals surface area contributed by atoms with E-state index in [1.807, 2.05) is 66.7 Å². The van der Waals surface area contributed by atoms with Crippen molar-refractivity contribution in [3.8, 4) is 0 Å².